The summed E-state index contributed by atoms with van der Waals surface area (Å²) in [6.07, 6.45) is 21.9. The Balaban J connectivity index is 2.11. The third-order valence-electron chi connectivity index (χ3n) is 5.22. The molecule has 0 aliphatic rings. The molecule has 0 aliphatic heterocycles. The second-order valence-electron chi connectivity index (χ2n) is 7.99. The van der Waals surface area contributed by atoms with Crippen molar-refractivity contribution in [3.63, 3.8) is 0 Å². The van der Waals surface area contributed by atoms with Gasteiger partial charge in [0.2, 0.25) is 0 Å². The Kier molecular flexibility index (Phi) is 14.2. The zero-order chi connectivity index (χ0) is 20.5. The van der Waals surface area contributed by atoms with Gasteiger partial charge >= 0.3 is 12.2 Å². The van der Waals surface area contributed by atoms with E-state index in [0.29, 0.717) is 5.57 Å². The zero-order valence-corrected chi connectivity index (χ0v) is 18.3. The number of esters is 1. The monoisotopic (exact) mass is 388 g/mol. The van der Waals surface area contributed by atoms with Gasteiger partial charge in [-0.25, -0.2) is 4.79 Å². The van der Waals surface area contributed by atoms with E-state index >= 15 is 0 Å². The summed E-state index contributed by atoms with van der Waals surface area (Å²) in [5.41, 5.74) is 0.451. The van der Waals surface area contributed by atoms with Gasteiger partial charge in [-0.2, -0.15) is 4.57 Å². The zero-order valence-electron chi connectivity index (χ0n) is 18.3. The van der Waals surface area contributed by atoms with E-state index in [-0.39, 0.29) is 12.2 Å². The topological polar surface area (TPSA) is 30.2 Å². The average molecular weight is 389 g/mol. The molecule has 0 N–H and O–H groups in total. The molecule has 0 aromatic carbocycles. The van der Waals surface area contributed by atoms with Crippen LogP contribution in [0.25, 0.3) is 0 Å². The van der Waals surface area contributed by atoms with Gasteiger partial charge in [0, 0.05) is 24.1 Å². The Morgan fingerprint density at radius 2 is 1.29 bits per heavy atom. The second kappa shape index (κ2) is 16.3. The van der Waals surface area contributed by atoms with Gasteiger partial charge in [-0.05, 0) is 13.3 Å². The third-order valence-corrected chi connectivity index (χ3v) is 5.22. The summed E-state index contributed by atoms with van der Waals surface area (Å²) in [6.45, 7) is 7.66. The SMILES string of the molecule is C=C(C)C(=O)OC(CCCCCCCCCCCCCCC)[n+]1ccccc1. The fraction of sp³-hybridized carbons (Fsp3) is 0.680. The van der Waals surface area contributed by atoms with Gasteiger partial charge in [-0.15, -0.1) is 0 Å². The molecule has 0 fully saturated rings. The fourth-order valence-electron chi connectivity index (χ4n) is 3.43. The Labute approximate surface area is 173 Å². The highest BCUT2D eigenvalue weighted by Gasteiger charge is 2.22. The highest BCUT2D eigenvalue weighted by molar-refractivity contribution is 5.86. The molecule has 1 aromatic rings. The predicted molar refractivity (Wildman–Crippen MR) is 117 cm³/mol. The van der Waals surface area contributed by atoms with Gasteiger partial charge in [-0.3, -0.25) is 0 Å². The van der Waals surface area contributed by atoms with Crippen LogP contribution in [0.4, 0.5) is 0 Å². The molecular formula is C25H42NO2+. The van der Waals surface area contributed by atoms with Gasteiger partial charge in [0.05, 0.1) is 0 Å². The molecule has 0 spiro atoms. The molecule has 3 heteroatoms. The van der Waals surface area contributed by atoms with Gasteiger partial charge < -0.3 is 4.74 Å². The lowest BCUT2D eigenvalue weighted by Crippen LogP contribution is -2.41. The molecule has 0 bridgehead atoms. The van der Waals surface area contributed by atoms with Crippen LogP contribution in [-0.4, -0.2) is 5.97 Å². The lowest BCUT2D eigenvalue weighted by atomic mass is 10.0. The van der Waals surface area contributed by atoms with Crippen LogP contribution in [0.2, 0.25) is 0 Å². The molecule has 0 saturated heterocycles. The summed E-state index contributed by atoms with van der Waals surface area (Å²) in [4.78, 5) is 11.9. The standard InChI is InChI=1S/C25H42NO2/c1-4-5-6-7-8-9-10-11-12-13-14-15-17-20-24(28-25(27)23(2)3)26-21-18-16-19-22-26/h16,18-19,21-22,24H,2,4-15,17,20H2,1,3H3/q+1. The highest BCUT2D eigenvalue weighted by atomic mass is 16.6. The minimum atomic E-state index is -0.309. The minimum absolute atomic E-state index is 0.238. The smallest absolute Gasteiger partial charge is 0.338 e. The largest absolute Gasteiger partial charge is 0.399 e. The van der Waals surface area contributed by atoms with E-state index in [1.807, 2.05) is 35.2 Å². The third kappa shape index (κ3) is 11.9. The van der Waals surface area contributed by atoms with Crippen molar-refractivity contribution in [2.45, 2.75) is 110 Å². The highest BCUT2D eigenvalue weighted by Crippen LogP contribution is 2.16. The number of nitrogens with zero attached hydrogens (tertiary/aromatic N) is 1. The molecule has 158 valence electrons. The number of rotatable bonds is 17. The Morgan fingerprint density at radius 3 is 1.75 bits per heavy atom. The number of carbonyl (C=O) groups excluding carboxylic acids is 1. The van der Waals surface area contributed by atoms with Crippen molar-refractivity contribution < 1.29 is 14.1 Å². The normalized spacial score (nSPS) is 11.9. The molecule has 1 heterocycles. The molecule has 1 atom stereocenters. The summed E-state index contributed by atoms with van der Waals surface area (Å²) in [7, 11) is 0. The molecule has 0 aliphatic carbocycles. The van der Waals surface area contributed by atoms with E-state index in [2.05, 4.69) is 13.5 Å². The second-order valence-corrected chi connectivity index (χ2v) is 7.99. The number of aromatic nitrogens is 1. The van der Waals surface area contributed by atoms with Crippen LogP contribution >= 0.6 is 0 Å². The summed E-state index contributed by atoms with van der Waals surface area (Å²) in [6, 6.07) is 5.90. The maximum Gasteiger partial charge on any atom is 0.338 e. The van der Waals surface area contributed by atoms with E-state index in [4.69, 9.17) is 4.74 Å². The van der Waals surface area contributed by atoms with Crippen molar-refractivity contribution in [3.05, 3.63) is 42.7 Å². The van der Waals surface area contributed by atoms with Crippen LogP contribution in [0.5, 0.6) is 0 Å². The first-order chi connectivity index (χ1) is 13.6. The summed E-state index contributed by atoms with van der Waals surface area (Å²) < 4.78 is 7.60. The van der Waals surface area contributed by atoms with Gasteiger partial charge in [-0.1, -0.05) is 96.6 Å². The Morgan fingerprint density at radius 1 is 0.821 bits per heavy atom. The van der Waals surface area contributed by atoms with Crippen molar-refractivity contribution in [3.8, 4) is 0 Å². The lowest BCUT2D eigenvalue weighted by molar-refractivity contribution is -0.757. The maximum absolute atomic E-state index is 11.9. The molecule has 1 unspecified atom stereocenters. The van der Waals surface area contributed by atoms with Crippen molar-refractivity contribution in [2.24, 2.45) is 0 Å². The molecule has 0 radical (unpaired) electrons. The first-order valence-corrected chi connectivity index (χ1v) is 11.5. The molecule has 1 rings (SSSR count). The fourth-order valence-corrected chi connectivity index (χ4v) is 3.43. The number of carbonyl (C=O) groups is 1. The van der Waals surface area contributed by atoms with Crippen LogP contribution in [0, 0.1) is 0 Å². The molecule has 1 aromatic heterocycles. The molecule has 28 heavy (non-hydrogen) atoms. The van der Waals surface area contributed by atoms with Gasteiger partial charge in [0.25, 0.3) is 0 Å². The maximum atomic E-state index is 11.9. The van der Waals surface area contributed by atoms with E-state index in [9.17, 15) is 4.79 Å². The van der Waals surface area contributed by atoms with Crippen LogP contribution in [0.15, 0.2) is 42.7 Å². The molecular weight excluding hydrogens is 346 g/mol. The number of ether oxygens (including phenoxy) is 1. The number of hydrogen-bond donors (Lipinski definition) is 0. The first kappa shape index (κ1) is 24.4. The number of pyridine rings is 1. The molecule has 0 amide bonds. The predicted octanol–water partition coefficient (Wildman–Crippen LogP) is 7.07. The summed E-state index contributed by atoms with van der Waals surface area (Å²) in [5, 5.41) is 0. The first-order valence-electron chi connectivity index (χ1n) is 11.5. The van der Waals surface area contributed by atoms with Crippen molar-refractivity contribution in [2.75, 3.05) is 0 Å². The van der Waals surface area contributed by atoms with Gasteiger partial charge in [0.15, 0.2) is 12.4 Å². The lowest BCUT2D eigenvalue weighted by Gasteiger charge is -2.13. The summed E-state index contributed by atoms with van der Waals surface area (Å²) >= 11 is 0. The number of unbranched alkanes of at least 4 members (excludes halogenated alkanes) is 12. The van der Waals surface area contributed by atoms with Crippen LogP contribution < -0.4 is 4.57 Å². The van der Waals surface area contributed by atoms with Crippen LogP contribution in [0.3, 0.4) is 0 Å². The van der Waals surface area contributed by atoms with Crippen molar-refractivity contribution >= 4 is 5.97 Å². The van der Waals surface area contributed by atoms with E-state index in [1.54, 1.807) is 6.92 Å². The van der Waals surface area contributed by atoms with E-state index in [1.165, 1.54) is 77.0 Å². The molecule has 0 saturated carbocycles. The van der Waals surface area contributed by atoms with Crippen molar-refractivity contribution in [1.82, 2.24) is 0 Å². The van der Waals surface area contributed by atoms with Crippen LogP contribution in [-0.2, 0) is 9.53 Å². The minimum Gasteiger partial charge on any atom is -0.399 e. The quantitative estimate of drug-likeness (QED) is 0.124. The Hall–Kier alpha value is -1.64. The summed E-state index contributed by atoms with van der Waals surface area (Å²) in [5.74, 6) is -0.309. The number of hydrogen-bond acceptors (Lipinski definition) is 2. The molecule has 3 nitrogen and oxygen atoms in total. The van der Waals surface area contributed by atoms with Crippen molar-refractivity contribution in [1.29, 1.82) is 0 Å². The average Bonchev–Trinajstić information content (AvgIpc) is 2.71. The Bertz CT molecular complexity index is 527. The van der Waals surface area contributed by atoms with E-state index in [0.717, 1.165) is 12.8 Å². The van der Waals surface area contributed by atoms with E-state index < -0.39 is 0 Å². The van der Waals surface area contributed by atoms with Gasteiger partial charge in [0.1, 0.15) is 0 Å². The van der Waals surface area contributed by atoms with Crippen LogP contribution in [0.1, 0.15) is 110 Å².